The van der Waals surface area contributed by atoms with E-state index in [1.165, 1.54) is 12.8 Å². The van der Waals surface area contributed by atoms with Gasteiger partial charge in [-0.05, 0) is 31.4 Å². The first-order valence-electron chi connectivity index (χ1n) is 11.5. The lowest BCUT2D eigenvalue weighted by Crippen LogP contribution is -2.42. The Hall–Kier alpha value is -1.68. The van der Waals surface area contributed by atoms with Crippen molar-refractivity contribution in [3.05, 3.63) is 24.3 Å². The fourth-order valence-electron chi connectivity index (χ4n) is 3.11. The Bertz CT molecular complexity index is 739. The van der Waals surface area contributed by atoms with Crippen molar-refractivity contribution < 1.29 is 47.8 Å². The van der Waals surface area contributed by atoms with Crippen LogP contribution >= 0.6 is 7.82 Å². The van der Waals surface area contributed by atoms with E-state index < -0.39 is 19.9 Å². The molecule has 0 spiro atoms. The summed E-state index contributed by atoms with van der Waals surface area (Å²) in [6.07, 6.45) is 4.40. The lowest BCUT2D eigenvalue weighted by molar-refractivity contribution is -0.873. The molecule has 0 aliphatic carbocycles. The molecule has 1 rings (SSSR count). The molecule has 34 heavy (non-hydrogen) atoms. The molecule has 0 saturated heterocycles. The maximum atomic E-state index is 12.2. The molecule has 2 atom stereocenters. The van der Waals surface area contributed by atoms with Crippen LogP contribution in [0.1, 0.15) is 51.9 Å². The summed E-state index contributed by atoms with van der Waals surface area (Å²) in [5.41, 5.74) is 0. The third-order valence-electron chi connectivity index (χ3n) is 4.57. The minimum Gasteiger partial charge on any atom is -0.870 e. The van der Waals surface area contributed by atoms with E-state index in [1.807, 2.05) is 45.4 Å². The van der Waals surface area contributed by atoms with E-state index in [0.29, 0.717) is 36.3 Å². The molecule has 0 aromatic heterocycles. The van der Waals surface area contributed by atoms with Gasteiger partial charge in [0.2, 0.25) is 0 Å². The quantitative estimate of drug-likeness (QED) is 0.159. The van der Waals surface area contributed by atoms with Crippen molar-refractivity contribution in [2.75, 3.05) is 47.5 Å². The van der Waals surface area contributed by atoms with Crippen molar-refractivity contribution in [1.82, 2.24) is 0 Å². The summed E-state index contributed by atoms with van der Waals surface area (Å²) < 4.78 is 34.2. The average molecular weight is 508 g/mol. The first kappa shape index (κ1) is 32.3. The van der Waals surface area contributed by atoms with Gasteiger partial charge in [-0.3, -0.25) is 13.8 Å². The van der Waals surface area contributed by atoms with Crippen LogP contribution in [0.15, 0.2) is 24.3 Å². The number of carboxylic acids is 1. The number of benzene rings is 1. The van der Waals surface area contributed by atoms with Crippen LogP contribution in [0.25, 0.3) is 0 Å². The molecule has 0 amide bonds. The summed E-state index contributed by atoms with van der Waals surface area (Å²) in [5, 5.41) is 9.01. The van der Waals surface area contributed by atoms with Crippen LogP contribution in [-0.2, 0) is 18.4 Å². The molecule has 0 aliphatic rings. The van der Waals surface area contributed by atoms with Gasteiger partial charge in [-0.25, -0.2) is 4.57 Å². The number of phosphoric acid groups is 1. The van der Waals surface area contributed by atoms with E-state index in [-0.39, 0.29) is 25.0 Å². The van der Waals surface area contributed by atoms with Crippen LogP contribution in [0.3, 0.4) is 0 Å². The first-order valence-corrected chi connectivity index (χ1v) is 13.0. The van der Waals surface area contributed by atoms with Gasteiger partial charge >= 0.3 is 13.8 Å². The van der Waals surface area contributed by atoms with Gasteiger partial charge < -0.3 is 29.4 Å². The molecule has 0 heterocycles. The fourth-order valence-corrected chi connectivity index (χ4v) is 4.04. The zero-order chi connectivity index (χ0) is 24.7. The number of aliphatic carboxylic acids is 1. The van der Waals surface area contributed by atoms with E-state index in [2.05, 4.69) is 6.92 Å². The number of phosphoric ester groups is 1. The van der Waals surface area contributed by atoms with Gasteiger partial charge in [-0.15, -0.1) is 0 Å². The number of unbranched alkanes of at least 4 members (excludes halogenated alkanes) is 4. The van der Waals surface area contributed by atoms with E-state index >= 15 is 0 Å². The third kappa shape index (κ3) is 16.9. The lowest BCUT2D eigenvalue weighted by atomic mass is 10.2. The van der Waals surface area contributed by atoms with Gasteiger partial charge in [0.25, 0.3) is 0 Å². The van der Waals surface area contributed by atoms with E-state index in [1.54, 1.807) is 0 Å². The molecule has 0 saturated carbocycles. The predicted molar refractivity (Wildman–Crippen MR) is 129 cm³/mol. The number of quaternary nitrogens is 1. The van der Waals surface area contributed by atoms with Crippen LogP contribution in [0.5, 0.6) is 11.5 Å². The number of carbonyl (C=O) groups is 1. The third-order valence-corrected chi connectivity index (χ3v) is 5.64. The minimum atomic E-state index is -4.35. The lowest BCUT2D eigenvalue weighted by Gasteiger charge is -2.29. The molecule has 10 nitrogen and oxygen atoms in total. The molecule has 198 valence electrons. The summed E-state index contributed by atoms with van der Waals surface area (Å²) in [4.78, 5) is 21.0. The Kier molecular flexibility index (Phi) is 16.0. The zero-order valence-electron chi connectivity index (χ0n) is 20.9. The number of carboxylic acid groups (broad SMARTS) is 1. The van der Waals surface area contributed by atoms with Crippen LogP contribution in [0, 0.1) is 0 Å². The van der Waals surface area contributed by atoms with Gasteiger partial charge in [0, 0.05) is 6.07 Å². The molecule has 1 aromatic carbocycles. The number of nitrogens with zero attached hydrogens (tertiary/aromatic N) is 1. The molecule has 0 bridgehead atoms. The van der Waals surface area contributed by atoms with Crippen molar-refractivity contribution in [1.29, 1.82) is 0 Å². The monoisotopic (exact) mass is 507 g/mol. The van der Waals surface area contributed by atoms with Gasteiger partial charge in [0.05, 0.1) is 47.4 Å². The summed E-state index contributed by atoms with van der Waals surface area (Å²) in [6.45, 7) is 3.54. The number of likely N-dealkylation sites (N-methyl/N-ethyl adjacent to an activating group) is 1. The Balaban J connectivity index is 0.0000109. The summed E-state index contributed by atoms with van der Waals surface area (Å²) >= 11 is 0. The highest BCUT2D eigenvalue weighted by molar-refractivity contribution is 7.47. The van der Waals surface area contributed by atoms with Crippen LogP contribution < -0.4 is 9.47 Å². The highest BCUT2D eigenvalue weighted by Gasteiger charge is 2.31. The van der Waals surface area contributed by atoms with Crippen molar-refractivity contribution in [3.8, 4) is 11.5 Å². The standard InChI is InChI=1S/C23H40NO8P.H2O/c1-5-6-7-8-14-29-20-12-11-13-21(17-20)30-15-9-10-16-31-33(27,28)32-22(18-23(25)26)19-24(2,3)4;/h11-13,17,22H,5-10,14-16,18-19H2,1-4H3,(H-,25,26,27,28);1H2/t22-;/m1./s1. The van der Waals surface area contributed by atoms with Gasteiger partial charge in [0.1, 0.15) is 24.1 Å². The van der Waals surface area contributed by atoms with Crippen LogP contribution in [0.2, 0.25) is 0 Å². The number of rotatable bonds is 19. The number of hydrogen-bond acceptors (Lipinski definition) is 7. The van der Waals surface area contributed by atoms with E-state index in [9.17, 15) is 14.3 Å². The zero-order valence-corrected chi connectivity index (χ0v) is 21.7. The molecule has 11 heteroatoms. The normalized spacial score (nSPS) is 14.0. The van der Waals surface area contributed by atoms with E-state index in [4.69, 9.17) is 23.6 Å². The van der Waals surface area contributed by atoms with Crippen molar-refractivity contribution in [2.24, 2.45) is 0 Å². The number of ether oxygens (including phenoxy) is 2. The van der Waals surface area contributed by atoms with Gasteiger partial charge in [-0.1, -0.05) is 32.3 Å². The second kappa shape index (κ2) is 16.9. The molecule has 1 unspecified atom stereocenters. The van der Waals surface area contributed by atoms with E-state index in [0.717, 1.165) is 18.6 Å². The smallest absolute Gasteiger partial charge is 0.472 e. The van der Waals surface area contributed by atoms with Crippen molar-refractivity contribution >= 4 is 13.8 Å². The number of hydrogen-bond donors (Lipinski definition) is 2. The Morgan fingerprint density at radius 1 is 1.00 bits per heavy atom. The van der Waals surface area contributed by atoms with Crippen LogP contribution in [-0.4, -0.2) is 79.5 Å². The molecular formula is C23H42NO9P. The van der Waals surface area contributed by atoms with Gasteiger partial charge in [-0.2, -0.15) is 0 Å². The average Bonchev–Trinajstić information content (AvgIpc) is 2.68. The SMILES string of the molecule is CCCCCCOc1cccc(OCCCCOP(=O)(O)O[C@H](CC(=O)O)C[N+](C)(C)C)c1.[OH-]. The topological polar surface area (TPSA) is 142 Å². The van der Waals surface area contributed by atoms with Crippen LogP contribution in [0.4, 0.5) is 0 Å². The molecule has 0 aliphatic heterocycles. The summed E-state index contributed by atoms with van der Waals surface area (Å²) in [6, 6.07) is 7.48. The molecule has 1 aromatic rings. The largest absolute Gasteiger partial charge is 0.870 e. The summed E-state index contributed by atoms with van der Waals surface area (Å²) in [7, 11) is 1.18. The molecular weight excluding hydrogens is 465 g/mol. The summed E-state index contributed by atoms with van der Waals surface area (Å²) in [5.74, 6) is 0.377. The van der Waals surface area contributed by atoms with Crippen molar-refractivity contribution in [3.63, 3.8) is 0 Å². The fraction of sp³-hybridized carbons (Fsp3) is 0.696. The second-order valence-corrected chi connectivity index (χ2v) is 10.4. The Labute approximate surface area is 203 Å². The molecule has 0 fully saturated rings. The minimum absolute atomic E-state index is 0. The predicted octanol–water partition coefficient (Wildman–Crippen LogP) is 4.31. The molecule has 3 N–H and O–H groups in total. The Morgan fingerprint density at radius 2 is 1.56 bits per heavy atom. The first-order chi connectivity index (χ1) is 15.5. The van der Waals surface area contributed by atoms with Gasteiger partial charge in [0.15, 0.2) is 0 Å². The Morgan fingerprint density at radius 3 is 2.09 bits per heavy atom. The second-order valence-electron chi connectivity index (χ2n) is 9.04. The highest BCUT2D eigenvalue weighted by atomic mass is 31.2. The van der Waals surface area contributed by atoms with Crippen molar-refractivity contribution in [2.45, 2.75) is 58.0 Å². The highest BCUT2D eigenvalue weighted by Crippen LogP contribution is 2.45. The maximum absolute atomic E-state index is 12.2. The maximum Gasteiger partial charge on any atom is 0.472 e. The molecule has 0 radical (unpaired) electrons.